The molecule has 1 aliphatic heterocycles. The Morgan fingerprint density at radius 1 is 1.39 bits per heavy atom. The molecule has 2 N–H and O–H groups in total. The van der Waals surface area contributed by atoms with Crippen molar-refractivity contribution in [2.45, 2.75) is 6.10 Å². The van der Waals surface area contributed by atoms with E-state index >= 15 is 0 Å². The number of β-amino-alcohol motifs (C(OH)–C–C–N with tert-alkyl or cyclic N) is 1. The summed E-state index contributed by atoms with van der Waals surface area (Å²) in [4.78, 5) is 28.2. The lowest BCUT2D eigenvalue weighted by Crippen LogP contribution is -2.39. The van der Waals surface area contributed by atoms with Crippen molar-refractivity contribution in [3.05, 3.63) is 35.9 Å². The lowest BCUT2D eigenvalue weighted by Gasteiger charge is -2.12. The van der Waals surface area contributed by atoms with Crippen LogP contribution < -0.4 is 5.32 Å². The summed E-state index contributed by atoms with van der Waals surface area (Å²) in [6.07, 6.45) is -0.581. The van der Waals surface area contributed by atoms with E-state index in [9.17, 15) is 14.7 Å². The number of amides is 2. The summed E-state index contributed by atoms with van der Waals surface area (Å²) >= 11 is 0. The molecule has 1 fully saturated rings. The van der Waals surface area contributed by atoms with Gasteiger partial charge in [0.15, 0.2) is 0 Å². The molecule has 1 atom stereocenters. The van der Waals surface area contributed by atoms with Crippen LogP contribution in [0.3, 0.4) is 0 Å². The summed E-state index contributed by atoms with van der Waals surface area (Å²) in [6, 6.07) is 8.48. The van der Waals surface area contributed by atoms with Crippen molar-refractivity contribution in [1.29, 1.82) is 0 Å². The van der Waals surface area contributed by atoms with Crippen molar-refractivity contribution in [2.24, 2.45) is 0 Å². The summed E-state index contributed by atoms with van der Waals surface area (Å²) in [5, 5.41) is 12.8. The average molecular weight is 250 g/mol. The molecule has 0 bridgehead atoms. The van der Waals surface area contributed by atoms with Crippen molar-refractivity contribution >= 4 is 11.8 Å². The zero-order valence-corrected chi connectivity index (χ0v) is 9.70. The van der Waals surface area contributed by atoms with E-state index in [-0.39, 0.29) is 19.7 Å². The molecule has 1 aromatic rings. The Morgan fingerprint density at radius 2 is 2.11 bits per heavy atom. The highest BCUT2D eigenvalue weighted by atomic mass is 16.7. The Kier molecular flexibility index (Phi) is 4.03. The van der Waals surface area contributed by atoms with Gasteiger partial charge in [-0.2, -0.15) is 5.06 Å². The van der Waals surface area contributed by atoms with Crippen molar-refractivity contribution in [1.82, 2.24) is 10.4 Å². The molecule has 0 radical (unpaired) electrons. The van der Waals surface area contributed by atoms with Gasteiger partial charge in [0.1, 0.15) is 6.54 Å². The van der Waals surface area contributed by atoms with Crippen molar-refractivity contribution < 1.29 is 19.5 Å². The van der Waals surface area contributed by atoms with Crippen molar-refractivity contribution in [2.75, 3.05) is 19.7 Å². The highest BCUT2D eigenvalue weighted by Gasteiger charge is 2.24. The summed E-state index contributed by atoms with van der Waals surface area (Å²) in [5.74, 6) is -0.904. The molecular weight excluding hydrogens is 236 g/mol. The second-order valence-corrected chi connectivity index (χ2v) is 4.02. The van der Waals surface area contributed by atoms with Crippen LogP contribution in [0.15, 0.2) is 30.3 Å². The third-order valence-corrected chi connectivity index (χ3v) is 2.47. The molecule has 0 spiro atoms. The van der Waals surface area contributed by atoms with Gasteiger partial charge in [0, 0.05) is 5.56 Å². The van der Waals surface area contributed by atoms with Crippen molar-refractivity contribution in [3.8, 4) is 0 Å². The molecule has 1 aliphatic rings. The monoisotopic (exact) mass is 250 g/mol. The fraction of sp³-hybridized carbons (Fsp3) is 0.333. The van der Waals surface area contributed by atoms with Gasteiger partial charge in [-0.05, 0) is 12.1 Å². The minimum absolute atomic E-state index is 0.0738. The number of carbonyl (C=O) groups is 2. The quantitative estimate of drug-likeness (QED) is 0.759. The van der Waals surface area contributed by atoms with Crippen LogP contribution in [0.2, 0.25) is 0 Å². The van der Waals surface area contributed by atoms with E-state index in [1.54, 1.807) is 30.3 Å². The topological polar surface area (TPSA) is 78.9 Å². The molecular formula is C12H14N2O4. The van der Waals surface area contributed by atoms with E-state index in [4.69, 9.17) is 4.84 Å². The number of hydroxylamine groups is 2. The molecule has 0 aliphatic carbocycles. The van der Waals surface area contributed by atoms with Gasteiger partial charge in [0.2, 0.25) is 5.91 Å². The highest BCUT2D eigenvalue weighted by molar-refractivity contribution is 6.05. The first-order valence-electron chi connectivity index (χ1n) is 5.60. The van der Waals surface area contributed by atoms with E-state index in [0.29, 0.717) is 5.56 Å². The number of imide groups is 1. The maximum Gasteiger partial charge on any atom is 0.257 e. The number of aliphatic hydroxyl groups is 1. The van der Waals surface area contributed by atoms with E-state index in [1.807, 2.05) is 0 Å². The normalized spacial score (nSPS) is 19.7. The van der Waals surface area contributed by atoms with E-state index < -0.39 is 17.9 Å². The lowest BCUT2D eigenvalue weighted by molar-refractivity contribution is -0.141. The van der Waals surface area contributed by atoms with Crippen LogP contribution in [0, 0.1) is 0 Å². The van der Waals surface area contributed by atoms with Crippen LogP contribution in [0.1, 0.15) is 10.4 Å². The van der Waals surface area contributed by atoms with Gasteiger partial charge in [-0.1, -0.05) is 18.2 Å². The van der Waals surface area contributed by atoms with Gasteiger partial charge in [0.05, 0.1) is 19.3 Å². The molecule has 0 saturated carbocycles. The number of carbonyl (C=O) groups excluding carboxylic acids is 2. The predicted octanol–water partition coefficient (Wildman–Crippen LogP) is -0.449. The Bertz CT molecular complexity index is 435. The van der Waals surface area contributed by atoms with Crippen LogP contribution in [0.4, 0.5) is 0 Å². The van der Waals surface area contributed by atoms with Gasteiger partial charge in [-0.3, -0.25) is 19.7 Å². The van der Waals surface area contributed by atoms with Gasteiger partial charge >= 0.3 is 0 Å². The molecule has 2 rings (SSSR count). The SMILES string of the molecule is O=C(CN1C[C@@H](O)CO1)NC(=O)c1ccccc1. The van der Waals surface area contributed by atoms with Gasteiger partial charge in [-0.25, -0.2) is 0 Å². The second-order valence-electron chi connectivity index (χ2n) is 4.02. The fourth-order valence-corrected chi connectivity index (χ4v) is 1.63. The number of hydrogen-bond donors (Lipinski definition) is 2. The molecule has 6 heteroatoms. The van der Waals surface area contributed by atoms with Crippen LogP contribution in [0.25, 0.3) is 0 Å². The molecule has 1 saturated heterocycles. The molecule has 2 amide bonds. The zero-order chi connectivity index (χ0) is 13.0. The molecule has 6 nitrogen and oxygen atoms in total. The number of hydrogen-bond acceptors (Lipinski definition) is 5. The second kappa shape index (κ2) is 5.72. The summed E-state index contributed by atoms with van der Waals surface area (Å²) in [7, 11) is 0. The van der Waals surface area contributed by atoms with Crippen LogP contribution in [0.5, 0.6) is 0 Å². The van der Waals surface area contributed by atoms with Crippen LogP contribution in [-0.2, 0) is 9.63 Å². The molecule has 96 valence electrons. The summed E-state index contributed by atoms with van der Waals surface area (Å²) < 4.78 is 0. The highest BCUT2D eigenvalue weighted by Crippen LogP contribution is 2.04. The molecule has 1 heterocycles. The minimum atomic E-state index is -0.581. The Hall–Kier alpha value is -1.76. The van der Waals surface area contributed by atoms with E-state index in [1.165, 1.54) is 5.06 Å². The largest absolute Gasteiger partial charge is 0.389 e. The van der Waals surface area contributed by atoms with E-state index in [0.717, 1.165) is 0 Å². The minimum Gasteiger partial charge on any atom is -0.389 e. The van der Waals surface area contributed by atoms with Gasteiger partial charge in [-0.15, -0.1) is 0 Å². The smallest absolute Gasteiger partial charge is 0.257 e. The first-order chi connectivity index (χ1) is 8.65. The fourth-order valence-electron chi connectivity index (χ4n) is 1.63. The Balaban J connectivity index is 1.83. The number of rotatable bonds is 3. The summed E-state index contributed by atoms with van der Waals surface area (Å²) in [6.45, 7) is 0.377. The number of aliphatic hydroxyl groups excluding tert-OH is 1. The zero-order valence-electron chi connectivity index (χ0n) is 9.70. The van der Waals surface area contributed by atoms with Crippen LogP contribution in [-0.4, -0.2) is 47.8 Å². The predicted molar refractivity (Wildman–Crippen MR) is 62.4 cm³/mol. The van der Waals surface area contributed by atoms with Gasteiger partial charge < -0.3 is 5.11 Å². The Morgan fingerprint density at radius 3 is 2.72 bits per heavy atom. The number of benzene rings is 1. The number of nitrogens with one attached hydrogen (secondary N) is 1. The number of nitrogens with zero attached hydrogens (tertiary/aromatic N) is 1. The first kappa shape index (κ1) is 12.7. The average Bonchev–Trinajstić information content (AvgIpc) is 2.75. The lowest BCUT2D eigenvalue weighted by atomic mass is 10.2. The standard InChI is InChI=1S/C12H14N2O4/c15-10-6-14(18-8-10)7-11(16)13-12(17)9-4-2-1-3-5-9/h1-5,10,15H,6-8H2,(H,13,16,17)/t10-/m1/s1. The first-order valence-corrected chi connectivity index (χ1v) is 5.60. The third-order valence-electron chi connectivity index (χ3n) is 2.47. The van der Waals surface area contributed by atoms with E-state index in [2.05, 4.69) is 5.32 Å². The molecule has 0 aromatic heterocycles. The summed E-state index contributed by atoms with van der Waals surface area (Å²) in [5.41, 5.74) is 0.424. The maximum atomic E-state index is 11.7. The molecule has 18 heavy (non-hydrogen) atoms. The maximum absolute atomic E-state index is 11.7. The van der Waals surface area contributed by atoms with Gasteiger partial charge in [0.25, 0.3) is 5.91 Å². The van der Waals surface area contributed by atoms with Crippen LogP contribution >= 0.6 is 0 Å². The molecule has 0 unspecified atom stereocenters. The van der Waals surface area contributed by atoms with Crippen molar-refractivity contribution in [3.63, 3.8) is 0 Å². The molecule has 1 aromatic carbocycles. The third kappa shape index (κ3) is 3.36. The Labute approximate surface area is 104 Å².